The molecule has 0 bridgehead atoms. The van der Waals surface area contributed by atoms with Gasteiger partial charge in [0.05, 0.1) is 17.8 Å². The number of ether oxygens (including phenoxy) is 1. The fourth-order valence-corrected chi connectivity index (χ4v) is 2.30. The molecule has 0 aliphatic carbocycles. The number of amidine groups is 1. The van der Waals surface area contributed by atoms with Gasteiger partial charge in [0, 0.05) is 17.2 Å². The van der Waals surface area contributed by atoms with E-state index in [9.17, 15) is 4.79 Å². The van der Waals surface area contributed by atoms with Gasteiger partial charge < -0.3 is 10.1 Å². The molecule has 4 heteroatoms. The minimum atomic E-state index is -0.343. The van der Waals surface area contributed by atoms with Crippen LogP contribution in [0.2, 0.25) is 0 Å². The van der Waals surface area contributed by atoms with Crippen molar-refractivity contribution in [3.63, 3.8) is 0 Å². The van der Waals surface area contributed by atoms with E-state index in [4.69, 9.17) is 9.73 Å². The summed E-state index contributed by atoms with van der Waals surface area (Å²) in [4.78, 5) is 16.4. The summed E-state index contributed by atoms with van der Waals surface area (Å²) in [5, 5.41) is 3.25. The lowest BCUT2D eigenvalue weighted by molar-refractivity contribution is -0.137. The van der Waals surface area contributed by atoms with Gasteiger partial charge >= 0.3 is 5.97 Å². The molecule has 0 saturated heterocycles. The van der Waals surface area contributed by atoms with Gasteiger partial charge in [0.15, 0.2) is 0 Å². The van der Waals surface area contributed by atoms with Crippen LogP contribution in [-0.2, 0) is 9.53 Å². The average molecular weight is 286 g/mol. The number of carbonyl (C=O) groups excluding carboxylic acids is 1. The molecular weight excluding hydrogens is 264 g/mol. The van der Waals surface area contributed by atoms with Crippen molar-refractivity contribution in [3.8, 4) is 0 Å². The second-order valence-corrected chi connectivity index (χ2v) is 6.06. The van der Waals surface area contributed by atoms with Crippen molar-refractivity contribution < 1.29 is 9.53 Å². The topological polar surface area (TPSA) is 50.7 Å². The predicted molar refractivity (Wildman–Crippen MR) is 85.2 cm³/mol. The molecule has 0 aromatic heterocycles. The predicted octanol–water partition coefficient (Wildman–Crippen LogP) is 3.05. The van der Waals surface area contributed by atoms with Crippen molar-refractivity contribution in [3.05, 3.63) is 41.0 Å². The molecule has 1 N–H and O–H groups in total. The minimum Gasteiger partial charge on any atom is -0.463 e. The Morgan fingerprint density at radius 2 is 2.10 bits per heavy atom. The average Bonchev–Trinajstić information content (AvgIpc) is 2.67. The van der Waals surface area contributed by atoms with Gasteiger partial charge in [-0.25, -0.2) is 4.79 Å². The van der Waals surface area contributed by atoms with Gasteiger partial charge in [0.1, 0.15) is 5.84 Å². The molecule has 0 saturated carbocycles. The van der Waals surface area contributed by atoms with Gasteiger partial charge in [0.2, 0.25) is 0 Å². The first-order valence-electron chi connectivity index (χ1n) is 7.17. The van der Waals surface area contributed by atoms with Crippen LogP contribution in [0.1, 0.15) is 44.4 Å². The van der Waals surface area contributed by atoms with Crippen molar-refractivity contribution in [1.29, 1.82) is 0 Å². The molecule has 0 unspecified atom stereocenters. The SMILES string of the molecule is CCOC(=O)/C=C1\NC(=NC(C)(C)C)c2c(C)cccc21. The lowest BCUT2D eigenvalue weighted by atomic mass is 10.0. The fourth-order valence-electron chi connectivity index (χ4n) is 2.30. The number of aryl methyl sites for hydroxylation is 1. The molecule has 112 valence electrons. The van der Waals surface area contributed by atoms with Crippen LogP contribution in [0, 0.1) is 6.92 Å². The van der Waals surface area contributed by atoms with Crippen LogP contribution in [0.15, 0.2) is 29.3 Å². The monoisotopic (exact) mass is 286 g/mol. The third kappa shape index (κ3) is 3.51. The van der Waals surface area contributed by atoms with E-state index in [-0.39, 0.29) is 11.5 Å². The third-order valence-corrected chi connectivity index (χ3v) is 3.05. The quantitative estimate of drug-likeness (QED) is 0.671. The smallest absolute Gasteiger partial charge is 0.332 e. The number of nitrogens with zero attached hydrogens (tertiary/aromatic N) is 1. The zero-order chi connectivity index (χ0) is 15.6. The lowest BCUT2D eigenvalue weighted by Gasteiger charge is -2.14. The molecule has 0 radical (unpaired) electrons. The highest BCUT2D eigenvalue weighted by molar-refractivity contribution is 6.15. The number of benzene rings is 1. The van der Waals surface area contributed by atoms with Gasteiger partial charge in [-0.2, -0.15) is 0 Å². The molecule has 0 atom stereocenters. The van der Waals surface area contributed by atoms with Crippen molar-refractivity contribution in [2.45, 2.75) is 40.2 Å². The summed E-state index contributed by atoms with van der Waals surface area (Å²) in [6.45, 7) is 10.4. The van der Waals surface area contributed by atoms with Gasteiger partial charge in [-0.15, -0.1) is 0 Å². The molecule has 21 heavy (non-hydrogen) atoms. The zero-order valence-electron chi connectivity index (χ0n) is 13.3. The molecular formula is C17H22N2O2. The highest BCUT2D eigenvalue weighted by atomic mass is 16.5. The fraction of sp³-hybridized carbons (Fsp3) is 0.412. The Hall–Kier alpha value is -2.10. The summed E-state index contributed by atoms with van der Waals surface area (Å²) in [6.07, 6.45) is 1.49. The van der Waals surface area contributed by atoms with Gasteiger partial charge in [-0.05, 0) is 40.2 Å². The highest BCUT2D eigenvalue weighted by Crippen LogP contribution is 2.28. The Kier molecular flexibility index (Phi) is 4.16. The molecule has 4 nitrogen and oxygen atoms in total. The van der Waals surface area contributed by atoms with E-state index in [0.29, 0.717) is 6.61 Å². The first-order valence-corrected chi connectivity index (χ1v) is 7.17. The van der Waals surface area contributed by atoms with E-state index in [1.54, 1.807) is 6.92 Å². The summed E-state index contributed by atoms with van der Waals surface area (Å²) in [5.74, 6) is 0.468. The summed E-state index contributed by atoms with van der Waals surface area (Å²) >= 11 is 0. The normalized spacial score (nSPS) is 17.8. The molecule has 0 amide bonds. The number of nitrogens with one attached hydrogen (secondary N) is 1. The van der Waals surface area contributed by atoms with E-state index in [2.05, 4.69) is 5.32 Å². The first-order chi connectivity index (χ1) is 9.81. The largest absolute Gasteiger partial charge is 0.463 e. The molecule has 1 aromatic rings. The molecule has 1 aliphatic heterocycles. The summed E-state index contributed by atoms with van der Waals surface area (Å²) in [7, 11) is 0. The number of hydrogen-bond donors (Lipinski definition) is 1. The summed E-state index contributed by atoms with van der Waals surface area (Å²) < 4.78 is 4.99. The lowest BCUT2D eigenvalue weighted by Crippen LogP contribution is -2.22. The number of rotatable bonds is 2. The van der Waals surface area contributed by atoms with Gasteiger partial charge in [-0.3, -0.25) is 4.99 Å². The van der Waals surface area contributed by atoms with E-state index < -0.39 is 0 Å². The maximum Gasteiger partial charge on any atom is 0.332 e. The number of carbonyl (C=O) groups is 1. The van der Waals surface area contributed by atoms with Crippen LogP contribution in [0.4, 0.5) is 0 Å². The minimum absolute atomic E-state index is 0.193. The number of esters is 1. The maximum atomic E-state index is 11.7. The maximum absolute atomic E-state index is 11.7. The van der Waals surface area contributed by atoms with Crippen LogP contribution >= 0.6 is 0 Å². The molecule has 0 spiro atoms. The second-order valence-electron chi connectivity index (χ2n) is 6.06. The van der Waals surface area contributed by atoms with Crippen molar-refractivity contribution in [1.82, 2.24) is 5.32 Å². The molecule has 1 aromatic carbocycles. The molecule has 0 fully saturated rings. The second kappa shape index (κ2) is 5.72. The Labute approximate surface area is 125 Å². The van der Waals surface area contributed by atoms with Crippen LogP contribution in [0.3, 0.4) is 0 Å². The molecule has 1 aliphatic rings. The van der Waals surface area contributed by atoms with Crippen LogP contribution < -0.4 is 5.32 Å². The molecule has 1 heterocycles. The summed E-state index contributed by atoms with van der Waals surface area (Å²) in [5.41, 5.74) is 3.74. The molecule has 2 rings (SSSR count). The Bertz CT molecular complexity index is 622. The van der Waals surface area contributed by atoms with E-state index in [1.807, 2.05) is 45.9 Å². The van der Waals surface area contributed by atoms with Gasteiger partial charge in [0.25, 0.3) is 0 Å². The Morgan fingerprint density at radius 3 is 2.71 bits per heavy atom. The van der Waals surface area contributed by atoms with Crippen LogP contribution in [0.25, 0.3) is 5.70 Å². The Balaban J connectivity index is 2.50. The number of fused-ring (bicyclic) bond motifs is 1. The first kappa shape index (κ1) is 15.3. The standard InChI is InChI=1S/C17H22N2O2/c1-6-21-14(20)10-13-12-9-7-8-11(2)15(12)16(18-13)19-17(3,4)5/h7-10H,6H2,1-5H3,(H,18,19)/b13-10-. The van der Waals surface area contributed by atoms with Crippen LogP contribution in [0.5, 0.6) is 0 Å². The highest BCUT2D eigenvalue weighted by Gasteiger charge is 2.26. The van der Waals surface area contributed by atoms with Crippen molar-refractivity contribution in [2.24, 2.45) is 4.99 Å². The third-order valence-electron chi connectivity index (χ3n) is 3.05. The number of hydrogen-bond acceptors (Lipinski definition) is 3. The van der Waals surface area contributed by atoms with Crippen molar-refractivity contribution in [2.75, 3.05) is 6.61 Å². The van der Waals surface area contributed by atoms with Gasteiger partial charge in [-0.1, -0.05) is 18.2 Å². The number of aliphatic imine (C=N–C) groups is 1. The van der Waals surface area contributed by atoms with Crippen molar-refractivity contribution >= 4 is 17.5 Å². The van der Waals surface area contributed by atoms with E-state index >= 15 is 0 Å². The van der Waals surface area contributed by atoms with E-state index in [0.717, 1.165) is 28.2 Å². The van der Waals surface area contributed by atoms with Crippen LogP contribution in [-0.4, -0.2) is 24.0 Å². The van der Waals surface area contributed by atoms with E-state index in [1.165, 1.54) is 6.08 Å². The zero-order valence-corrected chi connectivity index (χ0v) is 13.3. The summed E-state index contributed by atoms with van der Waals surface area (Å²) in [6, 6.07) is 6.02. The Morgan fingerprint density at radius 1 is 1.38 bits per heavy atom.